The molecule has 1 aliphatic heterocycles. The first-order chi connectivity index (χ1) is 10.6. The van der Waals surface area contributed by atoms with E-state index in [0.29, 0.717) is 25.1 Å². The second-order valence-electron chi connectivity index (χ2n) is 5.53. The first-order valence-corrected chi connectivity index (χ1v) is 7.59. The van der Waals surface area contributed by atoms with Gasteiger partial charge in [-0.2, -0.15) is 0 Å². The normalized spacial score (nSPS) is 15.7. The van der Waals surface area contributed by atoms with Gasteiger partial charge in [0.05, 0.1) is 0 Å². The summed E-state index contributed by atoms with van der Waals surface area (Å²) in [7, 11) is 0. The van der Waals surface area contributed by atoms with Crippen LogP contribution in [-0.2, 0) is 4.79 Å². The van der Waals surface area contributed by atoms with Gasteiger partial charge in [-0.15, -0.1) is 0 Å². The molecule has 1 saturated heterocycles. The summed E-state index contributed by atoms with van der Waals surface area (Å²) >= 11 is 0. The largest absolute Gasteiger partial charge is 0.508 e. The summed E-state index contributed by atoms with van der Waals surface area (Å²) in [5, 5.41) is 17.9. The summed E-state index contributed by atoms with van der Waals surface area (Å²) in [5.74, 6) is -0.599. The highest BCUT2D eigenvalue weighted by Crippen LogP contribution is 2.13. The van der Waals surface area contributed by atoms with Crippen molar-refractivity contribution in [3.63, 3.8) is 0 Å². The van der Waals surface area contributed by atoms with Gasteiger partial charge in [0.15, 0.2) is 0 Å². The van der Waals surface area contributed by atoms with Crippen LogP contribution in [0.2, 0.25) is 0 Å². The van der Waals surface area contributed by atoms with E-state index < -0.39 is 5.97 Å². The van der Waals surface area contributed by atoms with Crippen LogP contribution in [0, 0.1) is 0 Å². The summed E-state index contributed by atoms with van der Waals surface area (Å²) in [6, 6.07) is 6.31. The minimum atomic E-state index is -0.746. The van der Waals surface area contributed by atoms with E-state index in [1.807, 2.05) is 4.90 Å². The van der Waals surface area contributed by atoms with Crippen LogP contribution in [0.1, 0.15) is 29.6 Å². The maximum Gasteiger partial charge on any atom is 0.303 e. The Morgan fingerprint density at radius 3 is 2.23 bits per heavy atom. The number of hydrogen-bond acceptors (Lipinski definition) is 4. The molecule has 1 fully saturated rings. The highest BCUT2D eigenvalue weighted by atomic mass is 16.4. The molecule has 1 aromatic rings. The van der Waals surface area contributed by atoms with Crippen molar-refractivity contribution < 1.29 is 19.8 Å². The van der Waals surface area contributed by atoms with Gasteiger partial charge in [0.2, 0.25) is 0 Å². The zero-order valence-electron chi connectivity index (χ0n) is 12.6. The van der Waals surface area contributed by atoms with E-state index in [4.69, 9.17) is 5.11 Å². The van der Waals surface area contributed by atoms with Gasteiger partial charge in [0.1, 0.15) is 5.75 Å². The number of carbonyl (C=O) groups excluding carboxylic acids is 1. The third kappa shape index (κ3) is 4.73. The molecule has 0 spiro atoms. The predicted molar refractivity (Wildman–Crippen MR) is 81.9 cm³/mol. The maximum atomic E-state index is 12.3. The maximum absolute atomic E-state index is 12.3. The molecule has 2 rings (SSSR count). The van der Waals surface area contributed by atoms with Crippen molar-refractivity contribution in [1.82, 2.24) is 9.80 Å². The summed E-state index contributed by atoms with van der Waals surface area (Å²) < 4.78 is 0. The third-order valence-corrected chi connectivity index (χ3v) is 3.89. The van der Waals surface area contributed by atoms with E-state index in [-0.39, 0.29) is 18.1 Å². The van der Waals surface area contributed by atoms with Crippen LogP contribution in [0.3, 0.4) is 0 Å². The monoisotopic (exact) mass is 306 g/mol. The molecule has 1 heterocycles. The Morgan fingerprint density at radius 1 is 1.00 bits per heavy atom. The molecule has 6 nitrogen and oxygen atoms in total. The molecule has 0 aliphatic carbocycles. The number of carbonyl (C=O) groups is 2. The first kappa shape index (κ1) is 16.3. The number of benzene rings is 1. The van der Waals surface area contributed by atoms with Crippen molar-refractivity contribution in [2.75, 3.05) is 32.7 Å². The number of nitrogens with zero attached hydrogens (tertiary/aromatic N) is 2. The van der Waals surface area contributed by atoms with Gasteiger partial charge in [-0.3, -0.25) is 14.5 Å². The zero-order chi connectivity index (χ0) is 15.9. The molecule has 1 aromatic carbocycles. The van der Waals surface area contributed by atoms with E-state index in [1.54, 1.807) is 12.1 Å². The molecule has 1 amide bonds. The van der Waals surface area contributed by atoms with Crippen molar-refractivity contribution in [2.45, 2.75) is 19.3 Å². The van der Waals surface area contributed by atoms with E-state index in [9.17, 15) is 14.7 Å². The Bertz CT molecular complexity index is 507. The number of piperazine rings is 1. The highest BCUT2D eigenvalue weighted by Gasteiger charge is 2.21. The van der Waals surface area contributed by atoms with Gasteiger partial charge in [-0.1, -0.05) is 0 Å². The quantitative estimate of drug-likeness (QED) is 0.777. The summed E-state index contributed by atoms with van der Waals surface area (Å²) in [6.07, 6.45) is 1.79. The Balaban J connectivity index is 1.73. The van der Waals surface area contributed by atoms with Crippen molar-refractivity contribution in [3.05, 3.63) is 29.8 Å². The minimum Gasteiger partial charge on any atom is -0.508 e. The summed E-state index contributed by atoms with van der Waals surface area (Å²) in [4.78, 5) is 26.9. The molecule has 120 valence electrons. The molecule has 2 N–H and O–H groups in total. The van der Waals surface area contributed by atoms with E-state index in [1.165, 1.54) is 12.1 Å². The van der Waals surface area contributed by atoms with E-state index in [2.05, 4.69) is 4.90 Å². The van der Waals surface area contributed by atoms with Crippen molar-refractivity contribution in [3.8, 4) is 5.75 Å². The van der Waals surface area contributed by atoms with E-state index >= 15 is 0 Å². The van der Waals surface area contributed by atoms with Gasteiger partial charge in [-0.25, -0.2) is 0 Å². The lowest BCUT2D eigenvalue weighted by atomic mass is 10.1. The number of phenolic OH excluding ortho intramolecular Hbond substituents is 1. The number of carboxylic acids is 1. The van der Waals surface area contributed by atoms with Crippen molar-refractivity contribution in [2.24, 2.45) is 0 Å². The van der Waals surface area contributed by atoms with Crippen LogP contribution in [0.25, 0.3) is 0 Å². The van der Waals surface area contributed by atoms with Crippen molar-refractivity contribution in [1.29, 1.82) is 0 Å². The van der Waals surface area contributed by atoms with Crippen LogP contribution < -0.4 is 0 Å². The van der Waals surface area contributed by atoms with E-state index in [0.717, 1.165) is 26.1 Å². The zero-order valence-corrected chi connectivity index (χ0v) is 12.6. The van der Waals surface area contributed by atoms with Gasteiger partial charge >= 0.3 is 5.97 Å². The molecule has 0 atom stereocenters. The Kier molecular flexibility index (Phi) is 5.77. The Labute approximate surface area is 130 Å². The van der Waals surface area contributed by atoms with Crippen molar-refractivity contribution >= 4 is 11.9 Å². The number of phenols is 1. The fourth-order valence-corrected chi connectivity index (χ4v) is 2.57. The van der Waals surface area contributed by atoms with Gasteiger partial charge in [-0.05, 0) is 43.7 Å². The molecule has 0 unspecified atom stereocenters. The molecular formula is C16H22N2O4. The molecule has 22 heavy (non-hydrogen) atoms. The fourth-order valence-electron chi connectivity index (χ4n) is 2.57. The topological polar surface area (TPSA) is 81.1 Å². The SMILES string of the molecule is O=C(O)CCCCN1CCN(C(=O)c2ccc(O)cc2)CC1. The number of aromatic hydroxyl groups is 1. The lowest BCUT2D eigenvalue weighted by molar-refractivity contribution is -0.137. The Morgan fingerprint density at radius 2 is 1.64 bits per heavy atom. The second-order valence-corrected chi connectivity index (χ2v) is 5.53. The fraction of sp³-hybridized carbons (Fsp3) is 0.500. The van der Waals surface area contributed by atoms with Crippen LogP contribution >= 0.6 is 0 Å². The van der Waals surface area contributed by atoms with Crippen LogP contribution in [0.4, 0.5) is 0 Å². The highest BCUT2D eigenvalue weighted by molar-refractivity contribution is 5.94. The summed E-state index contributed by atoms with van der Waals surface area (Å²) in [5.41, 5.74) is 0.590. The average molecular weight is 306 g/mol. The van der Waals surface area contributed by atoms with Crippen LogP contribution in [-0.4, -0.2) is 64.6 Å². The smallest absolute Gasteiger partial charge is 0.303 e. The second kappa shape index (κ2) is 7.79. The number of hydrogen-bond donors (Lipinski definition) is 2. The molecular weight excluding hydrogens is 284 g/mol. The lowest BCUT2D eigenvalue weighted by Gasteiger charge is -2.34. The first-order valence-electron chi connectivity index (χ1n) is 7.59. The van der Waals surface area contributed by atoms with Crippen LogP contribution in [0.15, 0.2) is 24.3 Å². The van der Waals surface area contributed by atoms with Crippen LogP contribution in [0.5, 0.6) is 5.75 Å². The number of rotatable bonds is 6. The summed E-state index contributed by atoms with van der Waals surface area (Å²) in [6.45, 7) is 3.87. The number of unbranched alkanes of at least 4 members (excludes halogenated alkanes) is 1. The standard InChI is InChI=1S/C16H22N2O4/c19-14-6-4-13(5-7-14)16(22)18-11-9-17(10-12-18)8-2-1-3-15(20)21/h4-7,19H,1-3,8-12H2,(H,20,21). The molecule has 0 bridgehead atoms. The molecule has 1 aliphatic rings. The molecule has 0 radical (unpaired) electrons. The van der Waals surface area contributed by atoms with Gasteiger partial charge in [0, 0.05) is 38.2 Å². The third-order valence-electron chi connectivity index (χ3n) is 3.89. The molecule has 0 aromatic heterocycles. The Hall–Kier alpha value is -2.08. The number of aliphatic carboxylic acids is 1. The predicted octanol–water partition coefficient (Wildman–Crippen LogP) is 1.40. The van der Waals surface area contributed by atoms with Gasteiger partial charge in [0.25, 0.3) is 5.91 Å². The molecule has 0 saturated carbocycles. The minimum absolute atomic E-state index is 0.00877. The lowest BCUT2D eigenvalue weighted by Crippen LogP contribution is -2.48. The number of carboxylic acid groups (broad SMARTS) is 1. The van der Waals surface area contributed by atoms with Gasteiger partial charge < -0.3 is 15.1 Å². The average Bonchev–Trinajstić information content (AvgIpc) is 2.52. The molecule has 6 heteroatoms. The number of amides is 1.